The maximum Gasteiger partial charge on any atom is 0.118 e. The number of fused-ring (bicyclic) bond motifs is 1. The maximum atomic E-state index is 5.31. The summed E-state index contributed by atoms with van der Waals surface area (Å²) in [7, 11) is 1.69. The fraction of sp³-hybridized carbons (Fsp3) is 0.0769. The Morgan fingerprint density at radius 3 is 2.21 bits per heavy atom. The van der Waals surface area contributed by atoms with E-state index in [2.05, 4.69) is 77.9 Å². The molecule has 4 aromatic rings. The van der Waals surface area contributed by atoms with E-state index in [0.717, 1.165) is 10.6 Å². The third kappa shape index (κ3) is 5.17. The summed E-state index contributed by atoms with van der Waals surface area (Å²) < 4.78 is 5.31. The van der Waals surface area contributed by atoms with Gasteiger partial charge in [-0.2, -0.15) is 0 Å². The van der Waals surface area contributed by atoms with E-state index < -0.39 is 0 Å². The SMILES string of the molecule is COc1ccc(C(C#CSc2ccccc2)Sc2ccc3ccccc3c2)cc1. The maximum absolute atomic E-state index is 5.31. The van der Waals surface area contributed by atoms with Crippen LogP contribution in [0.1, 0.15) is 10.8 Å². The van der Waals surface area contributed by atoms with Crippen LogP contribution in [0.3, 0.4) is 0 Å². The third-order valence-corrected chi connectivity index (χ3v) is 6.38. The van der Waals surface area contributed by atoms with Crippen molar-refractivity contribution in [3.8, 4) is 16.9 Å². The molecule has 0 N–H and O–H groups in total. The largest absolute Gasteiger partial charge is 0.497 e. The molecule has 1 unspecified atom stereocenters. The van der Waals surface area contributed by atoms with Gasteiger partial charge in [-0.15, -0.1) is 11.8 Å². The van der Waals surface area contributed by atoms with E-state index in [4.69, 9.17) is 4.74 Å². The molecule has 0 aromatic heterocycles. The molecule has 1 atom stereocenters. The fourth-order valence-electron chi connectivity index (χ4n) is 2.97. The molecule has 29 heavy (non-hydrogen) atoms. The van der Waals surface area contributed by atoms with Gasteiger partial charge < -0.3 is 4.74 Å². The Morgan fingerprint density at radius 2 is 1.45 bits per heavy atom. The molecule has 0 aliphatic heterocycles. The first-order chi connectivity index (χ1) is 14.3. The normalized spacial score (nSPS) is 11.5. The summed E-state index contributed by atoms with van der Waals surface area (Å²) in [6.45, 7) is 0. The molecule has 0 saturated heterocycles. The van der Waals surface area contributed by atoms with Gasteiger partial charge >= 0.3 is 0 Å². The van der Waals surface area contributed by atoms with Crippen LogP contribution in [-0.2, 0) is 0 Å². The van der Waals surface area contributed by atoms with Crippen molar-refractivity contribution >= 4 is 34.3 Å². The molecule has 0 amide bonds. The molecule has 0 saturated carbocycles. The second-order valence-electron chi connectivity index (χ2n) is 6.44. The Labute approximate surface area is 180 Å². The van der Waals surface area contributed by atoms with Gasteiger partial charge in [-0.3, -0.25) is 0 Å². The molecule has 0 aliphatic carbocycles. The molecular formula is C26H20OS2. The molecule has 0 radical (unpaired) electrons. The lowest BCUT2D eigenvalue weighted by atomic mass is 10.1. The van der Waals surface area contributed by atoms with Crippen molar-refractivity contribution < 1.29 is 4.74 Å². The van der Waals surface area contributed by atoms with E-state index in [9.17, 15) is 0 Å². The molecule has 142 valence electrons. The lowest BCUT2D eigenvalue weighted by molar-refractivity contribution is 0.414. The van der Waals surface area contributed by atoms with Crippen LogP contribution in [-0.4, -0.2) is 7.11 Å². The highest BCUT2D eigenvalue weighted by Gasteiger charge is 2.11. The van der Waals surface area contributed by atoms with Gasteiger partial charge in [0.25, 0.3) is 0 Å². The predicted molar refractivity (Wildman–Crippen MR) is 126 cm³/mol. The minimum Gasteiger partial charge on any atom is -0.497 e. The van der Waals surface area contributed by atoms with Crippen LogP contribution in [0.25, 0.3) is 10.8 Å². The third-order valence-electron chi connectivity index (χ3n) is 4.50. The molecule has 0 heterocycles. The quantitative estimate of drug-likeness (QED) is 0.249. The molecular weight excluding hydrogens is 392 g/mol. The summed E-state index contributed by atoms with van der Waals surface area (Å²) >= 11 is 3.34. The lowest BCUT2D eigenvalue weighted by Gasteiger charge is -2.12. The average molecular weight is 413 g/mol. The molecule has 4 rings (SSSR count). The molecule has 1 nitrogen and oxygen atoms in total. The Balaban J connectivity index is 1.61. The minimum atomic E-state index is 0.0401. The summed E-state index contributed by atoms with van der Waals surface area (Å²) in [6, 6.07) is 33.5. The zero-order chi connectivity index (χ0) is 19.9. The molecule has 0 aliphatic rings. The number of hydrogen-bond acceptors (Lipinski definition) is 3. The molecule has 0 spiro atoms. The number of hydrogen-bond donors (Lipinski definition) is 0. The summed E-state index contributed by atoms with van der Waals surface area (Å²) in [4.78, 5) is 2.37. The number of thioether (sulfide) groups is 2. The van der Waals surface area contributed by atoms with Crippen molar-refractivity contribution in [2.75, 3.05) is 7.11 Å². The van der Waals surface area contributed by atoms with Gasteiger partial charge in [-0.05, 0) is 69.7 Å². The van der Waals surface area contributed by atoms with Gasteiger partial charge in [-0.1, -0.05) is 66.6 Å². The van der Waals surface area contributed by atoms with Gasteiger partial charge in [0.1, 0.15) is 5.75 Å². The monoisotopic (exact) mass is 412 g/mol. The summed E-state index contributed by atoms with van der Waals surface area (Å²) in [5, 5.41) is 5.84. The van der Waals surface area contributed by atoms with Gasteiger partial charge in [0.2, 0.25) is 0 Å². The number of benzene rings is 4. The van der Waals surface area contributed by atoms with Crippen molar-refractivity contribution in [2.24, 2.45) is 0 Å². The highest BCUT2D eigenvalue weighted by atomic mass is 32.2. The van der Waals surface area contributed by atoms with E-state index in [1.165, 1.54) is 21.2 Å². The van der Waals surface area contributed by atoms with Crippen molar-refractivity contribution in [1.29, 1.82) is 0 Å². The lowest BCUT2D eigenvalue weighted by Crippen LogP contribution is -1.92. The zero-order valence-electron chi connectivity index (χ0n) is 16.0. The zero-order valence-corrected chi connectivity index (χ0v) is 17.7. The van der Waals surface area contributed by atoms with Gasteiger partial charge in [0.15, 0.2) is 0 Å². The Kier molecular flexibility index (Phi) is 6.46. The highest BCUT2D eigenvalue weighted by Crippen LogP contribution is 2.37. The predicted octanol–water partition coefficient (Wildman–Crippen LogP) is 7.44. The molecule has 3 heteroatoms. The van der Waals surface area contributed by atoms with Crippen LogP contribution < -0.4 is 4.74 Å². The number of methoxy groups -OCH3 is 1. The smallest absolute Gasteiger partial charge is 0.118 e. The van der Waals surface area contributed by atoms with Crippen LogP contribution in [0.5, 0.6) is 5.75 Å². The first kappa shape index (κ1) is 19.5. The number of ether oxygens (including phenoxy) is 1. The first-order valence-corrected chi connectivity index (χ1v) is 11.0. The second kappa shape index (κ2) is 9.60. The topological polar surface area (TPSA) is 9.23 Å². The molecule has 0 bridgehead atoms. The highest BCUT2D eigenvalue weighted by molar-refractivity contribution is 8.04. The van der Waals surface area contributed by atoms with Gasteiger partial charge in [-0.25, -0.2) is 0 Å². The van der Waals surface area contributed by atoms with Crippen LogP contribution in [0.4, 0.5) is 0 Å². The Hall–Kier alpha value is -2.80. The van der Waals surface area contributed by atoms with E-state index in [0.29, 0.717) is 0 Å². The van der Waals surface area contributed by atoms with Crippen LogP contribution in [0, 0.1) is 11.2 Å². The van der Waals surface area contributed by atoms with Crippen molar-refractivity contribution in [2.45, 2.75) is 15.0 Å². The van der Waals surface area contributed by atoms with E-state index in [1.54, 1.807) is 30.6 Å². The summed E-state index contributed by atoms with van der Waals surface area (Å²) in [6.07, 6.45) is 0. The molecule has 4 aromatic carbocycles. The van der Waals surface area contributed by atoms with Crippen molar-refractivity contribution in [3.05, 3.63) is 103 Å². The van der Waals surface area contributed by atoms with Crippen LogP contribution >= 0.6 is 23.5 Å². The summed E-state index contributed by atoms with van der Waals surface area (Å²) in [5.41, 5.74) is 1.17. The number of rotatable bonds is 5. The van der Waals surface area contributed by atoms with Crippen LogP contribution in [0.2, 0.25) is 0 Å². The minimum absolute atomic E-state index is 0.0401. The van der Waals surface area contributed by atoms with Crippen molar-refractivity contribution in [3.63, 3.8) is 0 Å². The van der Waals surface area contributed by atoms with Crippen molar-refractivity contribution in [1.82, 2.24) is 0 Å². The van der Waals surface area contributed by atoms with E-state index >= 15 is 0 Å². The second-order valence-corrected chi connectivity index (χ2v) is 8.50. The van der Waals surface area contributed by atoms with Crippen LogP contribution in [0.15, 0.2) is 107 Å². The Morgan fingerprint density at radius 1 is 0.724 bits per heavy atom. The fourth-order valence-corrected chi connectivity index (χ4v) is 4.65. The Bertz CT molecular complexity index is 1140. The van der Waals surface area contributed by atoms with E-state index in [-0.39, 0.29) is 5.25 Å². The first-order valence-electron chi connectivity index (χ1n) is 9.34. The molecule has 0 fully saturated rings. The average Bonchev–Trinajstić information content (AvgIpc) is 2.79. The summed E-state index contributed by atoms with van der Waals surface area (Å²) in [5.74, 6) is 4.31. The van der Waals surface area contributed by atoms with E-state index in [1.807, 2.05) is 30.3 Å². The van der Waals surface area contributed by atoms with Gasteiger partial charge in [0.05, 0.1) is 12.4 Å². The standard InChI is InChI=1S/C26H20OS2/c1-27-23-14-11-21(12-15-23)26(17-18-28-24-9-3-2-4-10-24)29-25-16-13-20-7-5-6-8-22(20)19-25/h2-16,19,26H,1H3. The van der Waals surface area contributed by atoms with Gasteiger partial charge in [0, 0.05) is 9.79 Å².